The molecule has 2 aromatic rings. The molecule has 0 unspecified atom stereocenters. The second-order valence-corrected chi connectivity index (χ2v) is 10.3. The summed E-state index contributed by atoms with van der Waals surface area (Å²) < 4.78 is 26.8. The van der Waals surface area contributed by atoms with E-state index in [9.17, 15) is 8.42 Å². The minimum atomic E-state index is -3.36. The van der Waals surface area contributed by atoms with Crippen LogP contribution in [0.1, 0.15) is 34.0 Å². The molecule has 29 heavy (non-hydrogen) atoms. The van der Waals surface area contributed by atoms with E-state index in [1.807, 2.05) is 19.1 Å². The van der Waals surface area contributed by atoms with Gasteiger partial charge in [-0.15, -0.1) is 11.3 Å². The Bertz CT molecular complexity index is 926. The van der Waals surface area contributed by atoms with Gasteiger partial charge in [0, 0.05) is 44.5 Å². The molecular weight excluding hydrogens is 406 g/mol. The fraction of sp³-hybridized carbons (Fsp3) is 0.500. The largest absolute Gasteiger partial charge is 0.356 e. The molecule has 158 valence electrons. The Hall–Kier alpha value is -1.97. The lowest BCUT2D eigenvalue weighted by Gasteiger charge is -2.16. The number of hydrogen-bond donors (Lipinski definition) is 2. The third kappa shape index (κ3) is 5.55. The molecule has 0 amide bonds. The average molecular weight is 436 g/mol. The number of aliphatic imine (C=N–C) groups is 1. The summed E-state index contributed by atoms with van der Waals surface area (Å²) in [5, 5.41) is 7.68. The second-order valence-electron chi connectivity index (χ2n) is 7.11. The lowest BCUT2D eigenvalue weighted by Crippen LogP contribution is -2.37. The van der Waals surface area contributed by atoms with Crippen LogP contribution < -0.4 is 10.6 Å². The summed E-state index contributed by atoms with van der Waals surface area (Å²) in [6.45, 7) is 6.68. The summed E-state index contributed by atoms with van der Waals surface area (Å²) in [7, 11) is -1.62. The first-order valence-electron chi connectivity index (χ1n) is 9.86. The molecule has 0 bridgehead atoms. The van der Waals surface area contributed by atoms with Gasteiger partial charge in [-0.2, -0.15) is 4.31 Å². The Labute approximate surface area is 177 Å². The molecule has 0 saturated carbocycles. The molecule has 0 atom stereocenters. The Morgan fingerprint density at radius 3 is 2.45 bits per heavy atom. The number of hydrogen-bond acceptors (Lipinski definition) is 5. The zero-order valence-electron chi connectivity index (χ0n) is 17.2. The average Bonchev–Trinajstić information content (AvgIpc) is 3.36. The number of sulfonamides is 1. The van der Waals surface area contributed by atoms with Gasteiger partial charge in [0.2, 0.25) is 10.0 Å². The van der Waals surface area contributed by atoms with Crippen molar-refractivity contribution < 1.29 is 8.42 Å². The molecule has 1 aliphatic rings. The van der Waals surface area contributed by atoms with Crippen molar-refractivity contribution in [2.75, 3.05) is 26.7 Å². The molecule has 3 rings (SSSR count). The summed E-state index contributed by atoms with van der Waals surface area (Å²) in [5.41, 5.74) is 2.10. The standard InChI is InChI=1S/C20H29N5O2S2/c1-15-16(2)28-19(24-15)10-11-22-20(21-3)23-14-17-6-8-18(9-7-17)29(26,27)25-12-4-5-13-25/h6-9H,4-5,10-14H2,1-3H3,(H2,21,22,23). The number of rotatable bonds is 7. The number of thiazole rings is 1. The van der Waals surface area contributed by atoms with Gasteiger partial charge in [-0.1, -0.05) is 12.1 Å². The summed E-state index contributed by atoms with van der Waals surface area (Å²) >= 11 is 1.73. The van der Waals surface area contributed by atoms with Crippen molar-refractivity contribution in [3.8, 4) is 0 Å². The van der Waals surface area contributed by atoms with Crippen LogP contribution in [0.4, 0.5) is 0 Å². The molecule has 2 N–H and O–H groups in total. The predicted octanol–water partition coefficient (Wildman–Crippen LogP) is 2.45. The van der Waals surface area contributed by atoms with Crippen LogP contribution in [-0.2, 0) is 23.0 Å². The zero-order valence-corrected chi connectivity index (χ0v) is 18.9. The highest BCUT2D eigenvalue weighted by molar-refractivity contribution is 7.89. The predicted molar refractivity (Wildman–Crippen MR) is 118 cm³/mol. The van der Waals surface area contributed by atoms with Gasteiger partial charge in [0.15, 0.2) is 5.96 Å². The van der Waals surface area contributed by atoms with E-state index in [0.29, 0.717) is 30.5 Å². The van der Waals surface area contributed by atoms with Gasteiger partial charge in [-0.05, 0) is 44.4 Å². The van der Waals surface area contributed by atoms with Crippen molar-refractivity contribution >= 4 is 27.3 Å². The molecular formula is C20H29N5O2S2. The summed E-state index contributed by atoms with van der Waals surface area (Å²) in [6, 6.07) is 7.08. The second kappa shape index (κ2) is 9.69. The zero-order chi connectivity index (χ0) is 20.9. The Morgan fingerprint density at radius 2 is 1.86 bits per heavy atom. The quantitative estimate of drug-likeness (QED) is 0.515. The molecule has 9 heteroatoms. The molecule has 1 saturated heterocycles. The summed E-state index contributed by atoms with van der Waals surface area (Å²) in [6.07, 6.45) is 2.73. The maximum atomic E-state index is 12.6. The number of guanidine groups is 1. The Balaban J connectivity index is 1.49. The van der Waals surface area contributed by atoms with Crippen LogP contribution in [0, 0.1) is 13.8 Å². The van der Waals surface area contributed by atoms with Gasteiger partial charge < -0.3 is 10.6 Å². The van der Waals surface area contributed by atoms with E-state index < -0.39 is 10.0 Å². The van der Waals surface area contributed by atoms with Crippen molar-refractivity contribution in [3.05, 3.63) is 45.4 Å². The van der Waals surface area contributed by atoms with Gasteiger partial charge in [0.05, 0.1) is 15.6 Å². The van der Waals surface area contributed by atoms with Crippen LogP contribution in [0.2, 0.25) is 0 Å². The van der Waals surface area contributed by atoms with Crippen LogP contribution in [-0.4, -0.2) is 50.3 Å². The van der Waals surface area contributed by atoms with Crippen LogP contribution >= 0.6 is 11.3 Å². The first-order chi connectivity index (χ1) is 13.9. The van der Waals surface area contributed by atoms with Crippen molar-refractivity contribution in [2.24, 2.45) is 4.99 Å². The van der Waals surface area contributed by atoms with Crippen molar-refractivity contribution in [2.45, 2.75) is 44.6 Å². The summed E-state index contributed by atoms with van der Waals surface area (Å²) in [4.78, 5) is 10.4. The van der Waals surface area contributed by atoms with Crippen molar-refractivity contribution in [1.29, 1.82) is 0 Å². The molecule has 1 aliphatic heterocycles. The molecule has 2 heterocycles. The van der Waals surface area contributed by atoms with E-state index in [4.69, 9.17) is 0 Å². The van der Waals surface area contributed by atoms with E-state index in [0.717, 1.165) is 42.1 Å². The first kappa shape index (κ1) is 21.7. The van der Waals surface area contributed by atoms with E-state index in [-0.39, 0.29) is 0 Å². The third-order valence-corrected chi connectivity index (χ3v) is 8.06. The molecule has 0 spiro atoms. The Kier molecular flexibility index (Phi) is 7.26. The lowest BCUT2D eigenvalue weighted by atomic mass is 10.2. The lowest BCUT2D eigenvalue weighted by molar-refractivity contribution is 0.477. The topological polar surface area (TPSA) is 86.7 Å². The van der Waals surface area contributed by atoms with Crippen molar-refractivity contribution in [3.63, 3.8) is 0 Å². The Morgan fingerprint density at radius 1 is 1.17 bits per heavy atom. The highest BCUT2D eigenvalue weighted by atomic mass is 32.2. The maximum Gasteiger partial charge on any atom is 0.243 e. The number of nitrogens with zero attached hydrogens (tertiary/aromatic N) is 3. The van der Waals surface area contributed by atoms with Gasteiger partial charge in [-0.25, -0.2) is 13.4 Å². The molecule has 1 fully saturated rings. The number of benzene rings is 1. The van der Waals surface area contributed by atoms with Gasteiger partial charge in [-0.3, -0.25) is 4.99 Å². The van der Waals surface area contributed by atoms with E-state index in [1.54, 1.807) is 34.8 Å². The van der Waals surface area contributed by atoms with Gasteiger partial charge in [0.25, 0.3) is 0 Å². The smallest absolute Gasteiger partial charge is 0.243 e. The van der Waals surface area contributed by atoms with Crippen LogP contribution in [0.15, 0.2) is 34.2 Å². The fourth-order valence-corrected chi connectivity index (χ4v) is 5.65. The number of aryl methyl sites for hydroxylation is 2. The van der Waals surface area contributed by atoms with Crippen LogP contribution in [0.5, 0.6) is 0 Å². The molecule has 0 radical (unpaired) electrons. The fourth-order valence-electron chi connectivity index (χ4n) is 3.20. The number of aromatic nitrogens is 1. The maximum absolute atomic E-state index is 12.6. The summed E-state index contributed by atoms with van der Waals surface area (Å²) in [5.74, 6) is 0.712. The normalized spacial score (nSPS) is 15.6. The van der Waals surface area contributed by atoms with Crippen LogP contribution in [0.25, 0.3) is 0 Å². The molecule has 7 nitrogen and oxygen atoms in total. The monoisotopic (exact) mass is 435 g/mol. The van der Waals surface area contributed by atoms with Crippen molar-refractivity contribution in [1.82, 2.24) is 19.9 Å². The van der Waals surface area contributed by atoms with Crippen LogP contribution in [0.3, 0.4) is 0 Å². The highest BCUT2D eigenvalue weighted by Gasteiger charge is 2.26. The minimum absolute atomic E-state index is 0.361. The number of nitrogens with one attached hydrogen (secondary N) is 2. The molecule has 0 aliphatic carbocycles. The molecule has 1 aromatic carbocycles. The van der Waals surface area contributed by atoms with E-state index in [2.05, 4.69) is 27.5 Å². The highest BCUT2D eigenvalue weighted by Crippen LogP contribution is 2.21. The SMILES string of the molecule is CN=C(NCCc1nc(C)c(C)s1)NCc1ccc(S(=O)(=O)N2CCCC2)cc1. The molecule has 1 aromatic heterocycles. The minimum Gasteiger partial charge on any atom is -0.356 e. The van der Waals surface area contributed by atoms with Gasteiger partial charge in [0.1, 0.15) is 0 Å². The first-order valence-corrected chi connectivity index (χ1v) is 12.1. The van der Waals surface area contributed by atoms with Gasteiger partial charge >= 0.3 is 0 Å². The van der Waals surface area contributed by atoms with E-state index >= 15 is 0 Å². The van der Waals surface area contributed by atoms with E-state index in [1.165, 1.54) is 4.88 Å². The third-order valence-electron chi connectivity index (χ3n) is 5.01.